The number of nitrogens with zero attached hydrogens (tertiary/aromatic N) is 2. The Bertz CT molecular complexity index is 686. The molecule has 0 bridgehead atoms. The molecule has 0 radical (unpaired) electrons. The number of hydrogen-bond acceptors (Lipinski definition) is 3. The monoisotopic (exact) mass is 341 g/mol. The third kappa shape index (κ3) is 4.30. The predicted octanol–water partition coefficient (Wildman–Crippen LogP) is 5.56. The summed E-state index contributed by atoms with van der Waals surface area (Å²) in [4.78, 5) is 2.49. The normalized spacial score (nSPS) is 15.9. The molecule has 1 fully saturated rings. The van der Waals surface area contributed by atoms with Crippen LogP contribution >= 0.6 is 11.6 Å². The molecule has 0 amide bonds. The second kappa shape index (κ2) is 8.20. The second-order valence-corrected chi connectivity index (χ2v) is 6.64. The van der Waals surface area contributed by atoms with Crippen molar-refractivity contribution in [3.63, 3.8) is 0 Å². The van der Waals surface area contributed by atoms with Gasteiger partial charge in [-0.1, -0.05) is 48.7 Å². The first kappa shape index (κ1) is 16.8. The van der Waals surface area contributed by atoms with Gasteiger partial charge in [0, 0.05) is 18.8 Å². The SMILES string of the molecule is C/C(=N/Nc1ccccc1Cl)c1ccc(N2CCCCCC2)cc1. The van der Waals surface area contributed by atoms with E-state index in [0.717, 1.165) is 17.0 Å². The van der Waals surface area contributed by atoms with Gasteiger partial charge in [-0.05, 0) is 49.6 Å². The quantitative estimate of drug-likeness (QED) is 0.582. The number of halogens is 1. The zero-order chi connectivity index (χ0) is 16.8. The summed E-state index contributed by atoms with van der Waals surface area (Å²) in [6.45, 7) is 4.34. The van der Waals surface area contributed by atoms with E-state index in [9.17, 15) is 0 Å². The Morgan fingerprint density at radius 3 is 2.29 bits per heavy atom. The first-order valence-corrected chi connectivity index (χ1v) is 9.02. The van der Waals surface area contributed by atoms with Crippen LogP contribution < -0.4 is 10.3 Å². The van der Waals surface area contributed by atoms with Crippen molar-refractivity contribution in [2.75, 3.05) is 23.4 Å². The highest BCUT2D eigenvalue weighted by molar-refractivity contribution is 6.33. The average Bonchev–Trinajstić information content (AvgIpc) is 2.90. The minimum absolute atomic E-state index is 0.672. The number of hydrogen-bond donors (Lipinski definition) is 1. The molecule has 24 heavy (non-hydrogen) atoms. The molecule has 2 aromatic carbocycles. The Morgan fingerprint density at radius 2 is 1.62 bits per heavy atom. The van der Waals surface area contributed by atoms with Crippen LogP contribution in [0.25, 0.3) is 0 Å². The van der Waals surface area contributed by atoms with Crippen molar-refractivity contribution in [1.82, 2.24) is 0 Å². The topological polar surface area (TPSA) is 27.6 Å². The van der Waals surface area contributed by atoms with E-state index in [1.165, 1.54) is 44.5 Å². The molecule has 0 saturated carbocycles. The highest BCUT2D eigenvalue weighted by Gasteiger charge is 2.10. The molecule has 126 valence electrons. The van der Waals surface area contributed by atoms with Crippen molar-refractivity contribution < 1.29 is 0 Å². The molecule has 4 heteroatoms. The van der Waals surface area contributed by atoms with Crippen LogP contribution in [0.3, 0.4) is 0 Å². The summed E-state index contributed by atoms with van der Waals surface area (Å²) in [5.74, 6) is 0. The lowest BCUT2D eigenvalue weighted by Crippen LogP contribution is -2.23. The molecule has 1 N–H and O–H groups in total. The highest BCUT2D eigenvalue weighted by atomic mass is 35.5. The summed E-state index contributed by atoms with van der Waals surface area (Å²) >= 11 is 6.14. The van der Waals surface area contributed by atoms with Crippen molar-refractivity contribution in [1.29, 1.82) is 0 Å². The highest BCUT2D eigenvalue weighted by Crippen LogP contribution is 2.22. The van der Waals surface area contributed by atoms with Crippen LogP contribution in [0.4, 0.5) is 11.4 Å². The lowest BCUT2D eigenvalue weighted by molar-refractivity contribution is 0.726. The Balaban J connectivity index is 1.68. The molecular formula is C20H24ClN3. The van der Waals surface area contributed by atoms with Gasteiger partial charge in [-0.25, -0.2) is 0 Å². The summed E-state index contributed by atoms with van der Waals surface area (Å²) in [7, 11) is 0. The van der Waals surface area contributed by atoms with Gasteiger partial charge in [0.15, 0.2) is 0 Å². The number of hydrazone groups is 1. The standard InChI is InChI=1S/C20H24ClN3/c1-16(22-23-20-9-5-4-8-19(20)21)17-10-12-18(13-11-17)24-14-6-2-3-7-15-24/h4-5,8-13,23H,2-3,6-7,14-15H2,1H3/b22-16-. The van der Waals surface area contributed by atoms with Crippen LogP contribution in [0, 0.1) is 0 Å². The second-order valence-electron chi connectivity index (χ2n) is 6.24. The smallest absolute Gasteiger partial charge is 0.0748 e. The van der Waals surface area contributed by atoms with E-state index in [2.05, 4.69) is 39.7 Å². The lowest BCUT2D eigenvalue weighted by Gasteiger charge is -2.22. The number of para-hydroxylation sites is 1. The van der Waals surface area contributed by atoms with E-state index < -0.39 is 0 Å². The molecule has 1 saturated heterocycles. The fraction of sp³-hybridized carbons (Fsp3) is 0.350. The van der Waals surface area contributed by atoms with Gasteiger partial charge in [0.2, 0.25) is 0 Å². The van der Waals surface area contributed by atoms with Gasteiger partial charge in [-0.15, -0.1) is 0 Å². The van der Waals surface area contributed by atoms with E-state index in [1.54, 1.807) is 0 Å². The molecule has 1 heterocycles. The van der Waals surface area contributed by atoms with Crippen LogP contribution in [-0.4, -0.2) is 18.8 Å². The van der Waals surface area contributed by atoms with Crippen molar-refractivity contribution >= 4 is 28.7 Å². The third-order valence-electron chi connectivity index (χ3n) is 4.47. The Morgan fingerprint density at radius 1 is 0.958 bits per heavy atom. The Hall–Kier alpha value is -2.00. The summed E-state index contributed by atoms with van der Waals surface area (Å²) in [6, 6.07) is 16.3. The molecule has 3 rings (SSSR count). The predicted molar refractivity (Wildman–Crippen MR) is 104 cm³/mol. The van der Waals surface area contributed by atoms with Crippen molar-refractivity contribution in [2.45, 2.75) is 32.6 Å². The molecule has 1 aliphatic heterocycles. The van der Waals surface area contributed by atoms with Crippen LogP contribution in [0.2, 0.25) is 5.02 Å². The molecule has 2 aromatic rings. The van der Waals surface area contributed by atoms with Gasteiger partial charge in [0.05, 0.1) is 16.4 Å². The lowest BCUT2D eigenvalue weighted by atomic mass is 10.1. The largest absolute Gasteiger partial charge is 0.372 e. The first-order valence-electron chi connectivity index (χ1n) is 8.64. The van der Waals surface area contributed by atoms with Crippen molar-refractivity contribution in [2.24, 2.45) is 5.10 Å². The zero-order valence-corrected chi connectivity index (χ0v) is 14.9. The number of anilines is 2. The maximum absolute atomic E-state index is 6.14. The Labute approximate surface area is 149 Å². The fourth-order valence-electron chi connectivity index (χ4n) is 3.00. The molecule has 0 spiro atoms. The van der Waals surface area contributed by atoms with E-state index in [4.69, 9.17) is 11.6 Å². The molecule has 3 nitrogen and oxygen atoms in total. The van der Waals surface area contributed by atoms with Crippen molar-refractivity contribution in [3.05, 3.63) is 59.1 Å². The number of nitrogens with one attached hydrogen (secondary N) is 1. The Kier molecular flexibility index (Phi) is 5.76. The molecular weight excluding hydrogens is 318 g/mol. The minimum Gasteiger partial charge on any atom is -0.372 e. The summed E-state index contributed by atoms with van der Waals surface area (Å²) < 4.78 is 0. The van der Waals surface area contributed by atoms with Gasteiger partial charge < -0.3 is 4.90 Å². The van der Waals surface area contributed by atoms with Crippen LogP contribution in [-0.2, 0) is 0 Å². The van der Waals surface area contributed by atoms with Gasteiger partial charge in [0.1, 0.15) is 0 Å². The molecule has 0 aromatic heterocycles. The molecule has 0 aliphatic carbocycles. The molecule has 0 atom stereocenters. The average molecular weight is 342 g/mol. The maximum Gasteiger partial charge on any atom is 0.0748 e. The fourth-order valence-corrected chi connectivity index (χ4v) is 3.18. The summed E-state index contributed by atoms with van der Waals surface area (Å²) in [5, 5.41) is 5.12. The summed E-state index contributed by atoms with van der Waals surface area (Å²) in [6.07, 6.45) is 5.30. The van der Waals surface area contributed by atoms with E-state index >= 15 is 0 Å². The van der Waals surface area contributed by atoms with Crippen molar-refractivity contribution in [3.8, 4) is 0 Å². The van der Waals surface area contributed by atoms with E-state index in [-0.39, 0.29) is 0 Å². The van der Waals surface area contributed by atoms with Crippen LogP contribution in [0.5, 0.6) is 0 Å². The molecule has 1 aliphatic rings. The van der Waals surface area contributed by atoms with Gasteiger partial charge in [0.25, 0.3) is 0 Å². The molecule has 0 unspecified atom stereocenters. The van der Waals surface area contributed by atoms with Crippen LogP contribution in [0.1, 0.15) is 38.2 Å². The number of benzene rings is 2. The summed E-state index contributed by atoms with van der Waals surface area (Å²) in [5.41, 5.74) is 7.24. The van der Waals surface area contributed by atoms with E-state index in [1.807, 2.05) is 31.2 Å². The van der Waals surface area contributed by atoms with Crippen LogP contribution in [0.15, 0.2) is 53.6 Å². The zero-order valence-electron chi connectivity index (χ0n) is 14.1. The van der Waals surface area contributed by atoms with Gasteiger partial charge >= 0.3 is 0 Å². The van der Waals surface area contributed by atoms with Gasteiger partial charge in [-0.2, -0.15) is 5.10 Å². The van der Waals surface area contributed by atoms with Gasteiger partial charge in [-0.3, -0.25) is 5.43 Å². The maximum atomic E-state index is 6.14. The number of rotatable bonds is 4. The van der Waals surface area contributed by atoms with E-state index in [0.29, 0.717) is 5.02 Å². The third-order valence-corrected chi connectivity index (χ3v) is 4.80. The first-order chi connectivity index (χ1) is 11.7. The minimum atomic E-state index is 0.672.